The normalized spacial score (nSPS) is 20.6. The Kier molecular flexibility index (Phi) is 6.13. The van der Waals surface area contributed by atoms with E-state index in [1.165, 1.54) is 56.9 Å². The Morgan fingerprint density at radius 2 is 1.61 bits per heavy atom. The van der Waals surface area contributed by atoms with E-state index in [2.05, 4.69) is 35.2 Å². The molecule has 0 atom stereocenters. The largest absolute Gasteiger partial charge is 0.343 e. The zero-order chi connectivity index (χ0) is 15.9. The second-order valence-corrected chi connectivity index (χ2v) is 7.56. The molecule has 23 heavy (non-hydrogen) atoms. The number of likely N-dealkylation sites (tertiary alicyclic amines) is 1. The van der Waals surface area contributed by atoms with Gasteiger partial charge in [0.1, 0.15) is 0 Å². The summed E-state index contributed by atoms with van der Waals surface area (Å²) in [6, 6.07) is 10.8. The summed E-state index contributed by atoms with van der Waals surface area (Å²) in [5.74, 6) is 1.98. The van der Waals surface area contributed by atoms with Crippen LogP contribution in [0.2, 0.25) is 0 Å². The molecular formula is C21H31NO. The van der Waals surface area contributed by atoms with Gasteiger partial charge in [0.25, 0.3) is 0 Å². The molecule has 0 unspecified atom stereocenters. The molecule has 1 aromatic carbocycles. The van der Waals surface area contributed by atoms with Crippen LogP contribution in [0.15, 0.2) is 30.3 Å². The maximum Gasteiger partial charge on any atom is 0.222 e. The van der Waals surface area contributed by atoms with E-state index in [4.69, 9.17) is 0 Å². The molecule has 0 aromatic heterocycles. The molecule has 1 aromatic rings. The molecule has 1 saturated carbocycles. The van der Waals surface area contributed by atoms with Gasteiger partial charge in [0, 0.05) is 19.5 Å². The van der Waals surface area contributed by atoms with Crippen molar-refractivity contribution in [3.63, 3.8) is 0 Å². The Morgan fingerprint density at radius 1 is 0.913 bits per heavy atom. The second kappa shape index (κ2) is 8.52. The topological polar surface area (TPSA) is 20.3 Å². The lowest BCUT2D eigenvalue weighted by atomic mass is 9.86. The van der Waals surface area contributed by atoms with Gasteiger partial charge in [-0.15, -0.1) is 0 Å². The van der Waals surface area contributed by atoms with Crippen LogP contribution in [0.1, 0.15) is 63.4 Å². The minimum Gasteiger partial charge on any atom is -0.343 e. The Morgan fingerprint density at radius 3 is 2.30 bits per heavy atom. The van der Waals surface area contributed by atoms with E-state index < -0.39 is 0 Å². The van der Waals surface area contributed by atoms with Crippen molar-refractivity contribution < 1.29 is 4.79 Å². The van der Waals surface area contributed by atoms with Gasteiger partial charge in [-0.1, -0.05) is 62.4 Å². The van der Waals surface area contributed by atoms with E-state index >= 15 is 0 Å². The van der Waals surface area contributed by atoms with Gasteiger partial charge < -0.3 is 4.90 Å². The van der Waals surface area contributed by atoms with Crippen LogP contribution in [0.3, 0.4) is 0 Å². The van der Waals surface area contributed by atoms with E-state index in [0.717, 1.165) is 37.8 Å². The summed E-state index contributed by atoms with van der Waals surface area (Å²) in [4.78, 5) is 14.6. The average molecular weight is 313 g/mol. The number of amides is 1. The molecular weight excluding hydrogens is 282 g/mol. The maximum absolute atomic E-state index is 12.4. The van der Waals surface area contributed by atoms with Crippen LogP contribution in [-0.2, 0) is 11.2 Å². The fourth-order valence-electron chi connectivity index (χ4n) is 4.30. The Bertz CT molecular complexity index is 470. The van der Waals surface area contributed by atoms with Gasteiger partial charge in [0.2, 0.25) is 5.91 Å². The van der Waals surface area contributed by atoms with E-state index in [0.29, 0.717) is 5.91 Å². The summed E-state index contributed by atoms with van der Waals surface area (Å²) >= 11 is 0. The lowest BCUT2D eigenvalue weighted by molar-refractivity contribution is -0.132. The van der Waals surface area contributed by atoms with Gasteiger partial charge in [-0.3, -0.25) is 4.79 Å². The van der Waals surface area contributed by atoms with Crippen molar-refractivity contribution in [3.8, 4) is 0 Å². The van der Waals surface area contributed by atoms with Crippen LogP contribution in [0.4, 0.5) is 0 Å². The standard InChI is InChI=1S/C21H31NO/c23-21(12-11-18-7-3-1-4-8-18)22-15-13-20(14-16-22)17-19-9-5-2-6-10-19/h2,5-6,9-10,18,20H,1,3-4,7-8,11-17H2. The number of hydrogen-bond donors (Lipinski definition) is 0. The Balaban J connectivity index is 1.37. The summed E-state index contributed by atoms with van der Waals surface area (Å²) in [6.45, 7) is 1.95. The molecule has 1 amide bonds. The molecule has 0 spiro atoms. The highest BCUT2D eigenvalue weighted by Gasteiger charge is 2.23. The molecule has 2 heteroatoms. The third-order valence-electron chi connectivity index (χ3n) is 5.83. The predicted octanol–water partition coefficient (Wildman–Crippen LogP) is 4.83. The second-order valence-electron chi connectivity index (χ2n) is 7.56. The number of piperidine rings is 1. The van der Waals surface area contributed by atoms with Gasteiger partial charge >= 0.3 is 0 Å². The number of nitrogens with zero attached hydrogens (tertiary/aromatic N) is 1. The quantitative estimate of drug-likeness (QED) is 0.762. The third-order valence-corrected chi connectivity index (χ3v) is 5.83. The summed E-state index contributed by atoms with van der Waals surface area (Å²) in [5, 5.41) is 0. The molecule has 2 nitrogen and oxygen atoms in total. The SMILES string of the molecule is O=C(CCC1CCCCC1)N1CCC(Cc2ccccc2)CC1. The van der Waals surface area contributed by atoms with E-state index in [9.17, 15) is 4.79 Å². The maximum atomic E-state index is 12.4. The van der Waals surface area contributed by atoms with Crippen molar-refractivity contribution in [2.24, 2.45) is 11.8 Å². The fraction of sp³-hybridized carbons (Fsp3) is 0.667. The highest BCUT2D eigenvalue weighted by atomic mass is 16.2. The molecule has 1 aliphatic carbocycles. The summed E-state index contributed by atoms with van der Waals surface area (Å²) in [6.07, 6.45) is 12.3. The highest BCUT2D eigenvalue weighted by molar-refractivity contribution is 5.76. The fourth-order valence-corrected chi connectivity index (χ4v) is 4.30. The van der Waals surface area contributed by atoms with E-state index in [1.54, 1.807) is 0 Å². The molecule has 3 rings (SSSR count). The molecule has 0 radical (unpaired) electrons. The van der Waals surface area contributed by atoms with Crippen LogP contribution < -0.4 is 0 Å². The first kappa shape index (κ1) is 16.5. The van der Waals surface area contributed by atoms with E-state index in [1.807, 2.05) is 0 Å². The molecule has 126 valence electrons. The summed E-state index contributed by atoms with van der Waals surface area (Å²) in [7, 11) is 0. The molecule has 1 aliphatic heterocycles. The van der Waals surface area contributed by atoms with Crippen molar-refractivity contribution in [2.75, 3.05) is 13.1 Å². The Hall–Kier alpha value is -1.31. The van der Waals surface area contributed by atoms with Gasteiger partial charge in [0.15, 0.2) is 0 Å². The zero-order valence-corrected chi connectivity index (χ0v) is 14.4. The molecule has 1 heterocycles. The van der Waals surface area contributed by atoms with Crippen LogP contribution in [0.5, 0.6) is 0 Å². The molecule has 0 N–H and O–H groups in total. The highest BCUT2D eigenvalue weighted by Crippen LogP contribution is 2.28. The lowest BCUT2D eigenvalue weighted by Crippen LogP contribution is -2.39. The zero-order valence-electron chi connectivity index (χ0n) is 14.4. The third kappa shape index (κ3) is 5.09. The smallest absolute Gasteiger partial charge is 0.222 e. The summed E-state index contributed by atoms with van der Waals surface area (Å²) in [5.41, 5.74) is 1.44. The van der Waals surface area contributed by atoms with Crippen molar-refractivity contribution in [1.29, 1.82) is 0 Å². The molecule has 0 bridgehead atoms. The monoisotopic (exact) mass is 313 g/mol. The first-order valence-corrected chi connectivity index (χ1v) is 9.63. The first-order valence-electron chi connectivity index (χ1n) is 9.63. The molecule has 1 saturated heterocycles. The number of carbonyl (C=O) groups is 1. The first-order chi connectivity index (χ1) is 11.3. The molecule has 2 aliphatic rings. The van der Waals surface area contributed by atoms with Crippen molar-refractivity contribution in [3.05, 3.63) is 35.9 Å². The van der Waals surface area contributed by atoms with Crippen molar-refractivity contribution in [2.45, 2.75) is 64.2 Å². The van der Waals surface area contributed by atoms with Gasteiger partial charge in [-0.2, -0.15) is 0 Å². The average Bonchev–Trinajstić information content (AvgIpc) is 2.62. The van der Waals surface area contributed by atoms with Crippen LogP contribution in [-0.4, -0.2) is 23.9 Å². The van der Waals surface area contributed by atoms with Crippen LogP contribution in [0.25, 0.3) is 0 Å². The summed E-state index contributed by atoms with van der Waals surface area (Å²) < 4.78 is 0. The number of rotatable bonds is 5. The van der Waals surface area contributed by atoms with Gasteiger partial charge in [-0.05, 0) is 43.1 Å². The number of carbonyl (C=O) groups excluding carboxylic acids is 1. The number of benzene rings is 1. The molecule has 2 fully saturated rings. The van der Waals surface area contributed by atoms with Crippen molar-refractivity contribution in [1.82, 2.24) is 4.90 Å². The number of hydrogen-bond acceptors (Lipinski definition) is 1. The Labute approximate surface area is 141 Å². The lowest BCUT2D eigenvalue weighted by Gasteiger charge is -2.32. The van der Waals surface area contributed by atoms with E-state index in [-0.39, 0.29) is 0 Å². The van der Waals surface area contributed by atoms with Crippen molar-refractivity contribution >= 4 is 5.91 Å². The van der Waals surface area contributed by atoms with Gasteiger partial charge in [0.05, 0.1) is 0 Å². The van der Waals surface area contributed by atoms with Crippen LogP contribution in [0, 0.1) is 11.8 Å². The van der Waals surface area contributed by atoms with Crippen LogP contribution >= 0.6 is 0 Å². The minimum absolute atomic E-state index is 0.411. The van der Waals surface area contributed by atoms with Gasteiger partial charge in [-0.25, -0.2) is 0 Å². The predicted molar refractivity (Wildman–Crippen MR) is 95.3 cm³/mol. The minimum atomic E-state index is 0.411.